The fraction of sp³-hybridized carbons (Fsp3) is 0.682. The highest BCUT2D eigenvalue weighted by Gasteiger charge is 2.55. The minimum absolute atomic E-state index is 0.00656. The van der Waals surface area contributed by atoms with Gasteiger partial charge in [0.15, 0.2) is 0 Å². The lowest BCUT2D eigenvalue weighted by Gasteiger charge is -2.30. The molecule has 2 N–H and O–H groups in total. The van der Waals surface area contributed by atoms with Gasteiger partial charge in [0.1, 0.15) is 17.8 Å². The SMILES string of the molecule is CC(C)C(NC(=O)[C@H](NC(=O)c1cnccn1)C(C)C)C(=O)N1C[C@H]2CCC(F)(F)[C@H]2C1. The lowest BCUT2D eigenvalue weighted by atomic mass is 9.99. The van der Waals surface area contributed by atoms with Crippen LogP contribution >= 0.6 is 0 Å². The van der Waals surface area contributed by atoms with Crippen LogP contribution in [0.4, 0.5) is 8.78 Å². The van der Waals surface area contributed by atoms with Crippen LogP contribution < -0.4 is 10.6 Å². The molecule has 1 saturated carbocycles. The number of rotatable bonds is 7. The monoisotopic (exact) mass is 451 g/mol. The Balaban J connectivity index is 1.68. The molecule has 2 aliphatic rings. The lowest BCUT2D eigenvalue weighted by Crippen LogP contribution is -2.57. The van der Waals surface area contributed by atoms with Gasteiger partial charge in [-0.05, 0) is 24.2 Å². The van der Waals surface area contributed by atoms with Crippen LogP contribution in [0.5, 0.6) is 0 Å². The van der Waals surface area contributed by atoms with Crippen molar-refractivity contribution in [2.24, 2.45) is 23.7 Å². The average molecular weight is 452 g/mol. The van der Waals surface area contributed by atoms with E-state index in [-0.39, 0.29) is 48.9 Å². The molecule has 2 heterocycles. The molecule has 1 aromatic heterocycles. The van der Waals surface area contributed by atoms with Gasteiger partial charge in [0.25, 0.3) is 11.8 Å². The number of nitrogens with one attached hydrogen (secondary N) is 2. The van der Waals surface area contributed by atoms with Crippen LogP contribution in [0.2, 0.25) is 0 Å². The van der Waals surface area contributed by atoms with Crippen molar-refractivity contribution in [1.82, 2.24) is 25.5 Å². The predicted octanol–water partition coefficient (Wildman–Crippen LogP) is 1.88. The minimum Gasteiger partial charge on any atom is -0.342 e. The Bertz CT molecular complexity index is 849. The highest BCUT2D eigenvalue weighted by Crippen LogP contribution is 2.48. The zero-order valence-electron chi connectivity index (χ0n) is 18.8. The molecule has 1 aliphatic carbocycles. The van der Waals surface area contributed by atoms with Crippen molar-refractivity contribution in [3.8, 4) is 0 Å². The molecule has 1 saturated heterocycles. The van der Waals surface area contributed by atoms with Crippen molar-refractivity contribution >= 4 is 17.7 Å². The summed E-state index contributed by atoms with van der Waals surface area (Å²) in [5.74, 6) is -5.69. The zero-order valence-corrected chi connectivity index (χ0v) is 18.8. The van der Waals surface area contributed by atoms with E-state index in [1.165, 1.54) is 23.5 Å². The topological polar surface area (TPSA) is 104 Å². The first-order valence-electron chi connectivity index (χ1n) is 11.0. The van der Waals surface area contributed by atoms with Crippen LogP contribution in [0.1, 0.15) is 51.0 Å². The number of hydrogen-bond donors (Lipinski definition) is 2. The summed E-state index contributed by atoms with van der Waals surface area (Å²) < 4.78 is 28.2. The second-order valence-corrected chi connectivity index (χ2v) is 9.43. The summed E-state index contributed by atoms with van der Waals surface area (Å²) in [5.41, 5.74) is 0.0759. The van der Waals surface area contributed by atoms with Crippen LogP contribution in [-0.2, 0) is 9.59 Å². The van der Waals surface area contributed by atoms with Crippen molar-refractivity contribution < 1.29 is 23.2 Å². The third kappa shape index (κ3) is 5.05. The number of likely N-dealkylation sites (tertiary alicyclic amines) is 1. The van der Waals surface area contributed by atoms with E-state index >= 15 is 0 Å². The Hall–Kier alpha value is -2.65. The molecule has 0 bridgehead atoms. The number of amides is 3. The van der Waals surface area contributed by atoms with Crippen molar-refractivity contribution in [2.45, 2.75) is 58.5 Å². The third-order valence-electron chi connectivity index (χ3n) is 6.41. The van der Waals surface area contributed by atoms with Crippen molar-refractivity contribution in [3.63, 3.8) is 0 Å². The van der Waals surface area contributed by atoms with E-state index in [0.717, 1.165) is 0 Å². The highest BCUT2D eigenvalue weighted by molar-refractivity contribution is 5.97. The Kier molecular flexibility index (Phi) is 7.09. The molecule has 176 valence electrons. The van der Waals surface area contributed by atoms with Crippen LogP contribution in [0, 0.1) is 23.7 Å². The van der Waals surface area contributed by atoms with Gasteiger partial charge in [-0.1, -0.05) is 27.7 Å². The molecule has 2 fully saturated rings. The highest BCUT2D eigenvalue weighted by atomic mass is 19.3. The van der Waals surface area contributed by atoms with Gasteiger partial charge in [-0.3, -0.25) is 19.4 Å². The molecule has 32 heavy (non-hydrogen) atoms. The van der Waals surface area contributed by atoms with E-state index in [1.807, 2.05) is 0 Å². The average Bonchev–Trinajstić information content (AvgIpc) is 3.30. The largest absolute Gasteiger partial charge is 0.342 e. The first-order chi connectivity index (χ1) is 15.0. The molecule has 0 radical (unpaired) electrons. The number of aromatic nitrogens is 2. The summed E-state index contributed by atoms with van der Waals surface area (Å²) in [6.45, 7) is 7.42. The second kappa shape index (κ2) is 9.46. The van der Waals surface area contributed by atoms with E-state index < -0.39 is 35.7 Å². The van der Waals surface area contributed by atoms with Crippen molar-refractivity contribution in [3.05, 3.63) is 24.3 Å². The molecule has 0 aromatic carbocycles. The Labute approximate surface area is 186 Å². The molecule has 0 spiro atoms. The van der Waals surface area contributed by atoms with E-state index in [9.17, 15) is 23.2 Å². The van der Waals surface area contributed by atoms with Gasteiger partial charge in [0.2, 0.25) is 11.8 Å². The first kappa shape index (κ1) is 24.0. The smallest absolute Gasteiger partial charge is 0.272 e. The fourth-order valence-corrected chi connectivity index (χ4v) is 4.51. The van der Waals surface area contributed by atoms with Gasteiger partial charge < -0.3 is 15.5 Å². The number of nitrogens with zero attached hydrogens (tertiary/aromatic N) is 3. The van der Waals surface area contributed by atoms with Crippen LogP contribution in [0.3, 0.4) is 0 Å². The zero-order chi connectivity index (χ0) is 23.6. The first-order valence-corrected chi connectivity index (χ1v) is 11.0. The summed E-state index contributed by atoms with van der Waals surface area (Å²) in [7, 11) is 0. The van der Waals surface area contributed by atoms with E-state index in [1.54, 1.807) is 27.7 Å². The number of fused-ring (bicyclic) bond motifs is 1. The number of carbonyl (C=O) groups excluding carboxylic acids is 3. The Morgan fingerprint density at radius 2 is 1.75 bits per heavy atom. The third-order valence-corrected chi connectivity index (χ3v) is 6.41. The molecule has 3 rings (SSSR count). The summed E-state index contributed by atoms with van der Waals surface area (Å²) in [6.07, 6.45) is 4.39. The molecular weight excluding hydrogens is 420 g/mol. The lowest BCUT2D eigenvalue weighted by molar-refractivity contribution is -0.138. The fourth-order valence-electron chi connectivity index (χ4n) is 4.51. The predicted molar refractivity (Wildman–Crippen MR) is 113 cm³/mol. The molecule has 1 unspecified atom stereocenters. The number of hydrogen-bond acceptors (Lipinski definition) is 5. The van der Waals surface area contributed by atoms with Gasteiger partial charge in [0, 0.05) is 37.8 Å². The van der Waals surface area contributed by atoms with Crippen molar-refractivity contribution in [2.75, 3.05) is 13.1 Å². The van der Waals surface area contributed by atoms with E-state index in [4.69, 9.17) is 0 Å². The molecule has 8 nitrogen and oxygen atoms in total. The van der Waals surface area contributed by atoms with Gasteiger partial charge in [-0.25, -0.2) is 13.8 Å². The molecule has 10 heteroatoms. The number of carbonyl (C=O) groups is 3. The summed E-state index contributed by atoms with van der Waals surface area (Å²) in [6, 6.07) is -1.77. The van der Waals surface area contributed by atoms with E-state index in [2.05, 4.69) is 20.6 Å². The maximum absolute atomic E-state index is 14.1. The number of alkyl halides is 2. The standard InChI is InChI=1S/C22H31F2N5O3/c1-12(2)17(27-19(30)16-9-25-7-8-26-16)20(31)28-18(13(3)4)21(32)29-10-14-5-6-22(23,24)15(14)11-29/h7-9,12-15,17-18H,5-6,10-11H2,1-4H3,(H,27,30)(H,28,31)/t14-,15+,17-,18?/m1/s1. The van der Waals surface area contributed by atoms with Gasteiger partial charge >= 0.3 is 0 Å². The van der Waals surface area contributed by atoms with Crippen molar-refractivity contribution in [1.29, 1.82) is 0 Å². The maximum atomic E-state index is 14.1. The van der Waals surface area contributed by atoms with Gasteiger partial charge in [0.05, 0.1) is 6.20 Å². The normalized spacial score (nSPS) is 23.7. The summed E-state index contributed by atoms with van der Waals surface area (Å²) in [4.78, 5) is 47.9. The van der Waals surface area contributed by atoms with Gasteiger partial charge in [-0.2, -0.15) is 0 Å². The second-order valence-electron chi connectivity index (χ2n) is 9.43. The molecule has 3 amide bonds. The summed E-state index contributed by atoms with van der Waals surface area (Å²) in [5, 5.41) is 5.40. The molecule has 1 aromatic rings. The molecule has 4 atom stereocenters. The number of halogens is 2. The maximum Gasteiger partial charge on any atom is 0.272 e. The summed E-state index contributed by atoms with van der Waals surface area (Å²) >= 11 is 0. The molecule has 1 aliphatic heterocycles. The molecular formula is C22H31F2N5O3. The van der Waals surface area contributed by atoms with E-state index in [0.29, 0.717) is 6.42 Å². The quantitative estimate of drug-likeness (QED) is 0.659. The van der Waals surface area contributed by atoms with Crippen LogP contribution in [0.15, 0.2) is 18.6 Å². The Morgan fingerprint density at radius 3 is 2.31 bits per heavy atom. The van der Waals surface area contributed by atoms with Crippen LogP contribution in [-0.4, -0.2) is 63.7 Å². The van der Waals surface area contributed by atoms with Crippen LogP contribution in [0.25, 0.3) is 0 Å². The Morgan fingerprint density at radius 1 is 1.06 bits per heavy atom. The van der Waals surface area contributed by atoms with Gasteiger partial charge in [-0.15, -0.1) is 0 Å². The minimum atomic E-state index is -2.75.